The quantitative estimate of drug-likeness (QED) is 0.895. The minimum absolute atomic E-state index is 0.146. The Morgan fingerprint density at radius 2 is 2.06 bits per heavy atom. The van der Waals surface area contributed by atoms with E-state index in [9.17, 15) is 0 Å². The fraction of sp³-hybridized carbons (Fsp3) is 0.286. The molecule has 0 radical (unpaired) electrons. The van der Waals surface area contributed by atoms with Crippen LogP contribution in [0, 0.1) is 0 Å². The minimum Gasteiger partial charge on any atom is -0.491 e. The van der Waals surface area contributed by atoms with E-state index in [4.69, 9.17) is 10.5 Å². The van der Waals surface area contributed by atoms with E-state index in [0.717, 1.165) is 17.0 Å². The van der Waals surface area contributed by atoms with Crippen LogP contribution in [0.5, 0.6) is 5.75 Å². The van der Waals surface area contributed by atoms with E-state index in [1.165, 1.54) is 0 Å². The monoisotopic (exact) mass is 243 g/mol. The maximum Gasteiger partial charge on any atom is 0.120 e. The van der Waals surface area contributed by atoms with Gasteiger partial charge < -0.3 is 10.5 Å². The van der Waals surface area contributed by atoms with Gasteiger partial charge in [0.15, 0.2) is 0 Å². The summed E-state index contributed by atoms with van der Waals surface area (Å²) >= 11 is 0. The van der Waals surface area contributed by atoms with Gasteiger partial charge in [0.25, 0.3) is 0 Å². The highest BCUT2D eigenvalue weighted by atomic mass is 16.5. The lowest BCUT2D eigenvalue weighted by Gasteiger charge is -2.14. The van der Waals surface area contributed by atoms with Gasteiger partial charge in [-0.15, -0.1) is 0 Å². The predicted octanol–water partition coefficient (Wildman–Crippen LogP) is 2.31. The van der Waals surface area contributed by atoms with Crippen LogP contribution in [0.4, 0.5) is 0 Å². The first-order chi connectivity index (χ1) is 8.66. The first kappa shape index (κ1) is 12.5. The molecule has 1 aromatic heterocycles. The number of hydrogen-bond donors (Lipinski definition) is 1. The summed E-state index contributed by atoms with van der Waals surface area (Å²) in [5.74, 6) is 0.821. The van der Waals surface area contributed by atoms with Crippen molar-refractivity contribution in [3.63, 3.8) is 0 Å². The van der Waals surface area contributed by atoms with E-state index in [1.54, 1.807) is 18.6 Å². The van der Waals surface area contributed by atoms with Crippen LogP contribution in [0.25, 0.3) is 0 Å². The first-order valence-electron chi connectivity index (χ1n) is 5.95. The fourth-order valence-electron chi connectivity index (χ4n) is 1.70. The molecular formula is C14H17N3O. The van der Waals surface area contributed by atoms with E-state index in [-0.39, 0.29) is 12.1 Å². The second-order valence-electron chi connectivity index (χ2n) is 4.35. The molecule has 1 atom stereocenters. The topological polar surface area (TPSA) is 61.0 Å². The molecule has 4 heteroatoms. The molecule has 0 spiro atoms. The van der Waals surface area contributed by atoms with Gasteiger partial charge in [-0.2, -0.15) is 0 Å². The Labute approximate surface area is 107 Å². The number of benzene rings is 1. The second-order valence-corrected chi connectivity index (χ2v) is 4.35. The maximum atomic E-state index is 6.16. The molecule has 4 nitrogen and oxygen atoms in total. The molecule has 0 aliphatic heterocycles. The number of aromatic nitrogens is 2. The van der Waals surface area contributed by atoms with Crippen LogP contribution in [0.15, 0.2) is 42.9 Å². The highest BCUT2D eigenvalue weighted by Crippen LogP contribution is 2.22. The lowest BCUT2D eigenvalue weighted by molar-refractivity contribution is 0.242. The molecular weight excluding hydrogens is 226 g/mol. The molecule has 0 saturated carbocycles. The van der Waals surface area contributed by atoms with E-state index in [0.29, 0.717) is 0 Å². The fourth-order valence-corrected chi connectivity index (χ4v) is 1.70. The molecule has 0 bridgehead atoms. The first-order valence-corrected chi connectivity index (χ1v) is 5.95. The van der Waals surface area contributed by atoms with Crippen molar-refractivity contribution in [2.75, 3.05) is 0 Å². The van der Waals surface area contributed by atoms with Gasteiger partial charge >= 0.3 is 0 Å². The maximum absolute atomic E-state index is 6.16. The van der Waals surface area contributed by atoms with Crippen molar-refractivity contribution in [1.82, 2.24) is 9.97 Å². The molecule has 2 aromatic rings. The van der Waals surface area contributed by atoms with Crippen LogP contribution in [-0.2, 0) is 0 Å². The Balaban J connectivity index is 2.23. The Bertz CT molecular complexity index is 499. The molecule has 94 valence electrons. The van der Waals surface area contributed by atoms with Crippen molar-refractivity contribution >= 4 is 0 Å². The third-order valence-electron chi connectivity index (χ3n) is 2.49. The van der Waals surface area contributed by atoms with Crippen LogP contribution in [0.3, 0.4) is 0 Å². The third kappa shape index (κ3) is 3.05. The molecule has 1 aromatic carbocycles. The Hall–Kier alpha value is -1.94. The number of hydrogen-bond acceptors (Lipinski definition) is 4. The summed E-state index contributed by atoms with van der Waals surface area (Å²) in [6.45, 7) is 3.99. The summed E-state index contributed by atoms with van der Waals surface area (Å²) in [5.41, 5.74) is 7.87. The largest absolute Gasteiger partial charge is 0.491 e. The number of ether oxygens (including phenoxy) is 1. The zero-order valence-electron chi connectivity index (χ0n) is 10.6. The van der Waals surface area contributed by atoms with Crippen molar-refractivity contribution in [2.45, 2.75) is 26.0 Å². The predicted molar refractivity (Wildman–Crippen MR) is 70.3 cm³/mol. The van der Waals surface area contributed by atoms with E-state index in [1.807, 2.05) is 38.1 Å². The molecule has 2 rings (SSSR count). The number of rotatable bonds is 4. The number of nitrogens with zero attached hydrogens (tertiary/aromatic N) is 2. The van der Waals surface area contributed by atoms with E-state index >= 15 is 0 Å². The van der Waals surface area contributed by atoms with Crippen LogP contribution in [0.1, 0.15) is 31.1 Å². The normalized spacial score (nSPS) is 12.4. The molecule has 2 N–H and O–H groups in total. The van der Waals surface area contributed by atoms with Crippen molar-refractivity contribution < 1.29 is 4.74 Å². The van der Waals surface area contributed by atoms with Gasteiger partial charge in [0, 0.05) is 12.4 Å². The zero-order chi connectivity index (χ0) is 13.0. The molecule has 0 aliphatic rings. The van der Waals surface area contributed by atoms with Crippen LogP contribution >= 0.6 is 0 Å². The Morgan fingerprint density at radius 1 is 1.22 bits per heavy atom. The lowest BCUT2D eigenvalue weighted by atomic mass is 10.0. The van der Waals surface area contributed by atoms with Crippen molar-refractivity contribution in [2.24, 2.45) is 5.73 Å². The van der Waals surface area contributed by atoms with Gasteiger partial charge in [0.05, 0.1) is 24.0 Å². The highest BCUT2D eigenvalue weighted by Gasteiger charge is 2.11. The minimum atomic E-state index is -0.283. The zero-order valence-corrected chi connectivity index (χ0v) is 10.6. The van der Waals surface area contributed by atoms with Crippen LogP contribution in [-0.4, -0.2) is 16.1 Å². The average Bonchev–Trinajstić information content (AvgIpc) is 2.38. The summed E-state index contributed by atoms with van der Waals surface area (Å²) in [7, 11) is 0. The van der Waals surface area contributed by atoms with Gasteiger partial charge in [-0.25, -0.2) is 0 Å². The molecule has 0 aliphatic carbocycles. The van der Waals surface area contributed by atoms with Crippen molar-refractivity contribution in [3.05, 3.63) is 54.1 Å². The SMILES string of the molecule is CC(C)Oc1cccc(C(N)c2cnccn2)c1. The van der Waals surface area contributed by atoms with Crippen LogP contribution < -0.4 is 10.5 Å². The highest BCUT2D eigenvalue weighted by molar-refractivity contribution is 5.33. The summed E-state index contributed by atoms with van der Waals surface area (Å²) in [6, 6.07) is 7.48. The summed E-state index contributed by atoms with van der Waals surface area (Å²) < 4.78 is 5.65. The summed E-state index contributed by atoms with van der Waals surface area (Å²) in [6.07, 6.45) is 5.10. The second kappa shape index (κ2) is 5.60. The molecule has 1 heterocycles. The molecule has 18 heavy (non-hydrogen) atoms. The molecule has 0 fully saturated rings. The Kier molecular flexibility index (Phi) is 3.89. The molecule has 0 saturated heterocycles. The molecule has 1 unspecified atom stereocenters. The van der Waals surface area contributed by atoms with Gasteiger partial charge in [0.2, 0.25) is 0 Å². The summed E-state index contributed by atoms with van der Waals surface area (Å²) in [5, 5.41) is 0. The lowest BCUT2D eigenvalue weighted by Crippen LogP contribution is -2.14. The van der Waals surface area contributed by atoms with Crippen LogP contribution in [0.2, 0.25) is 0 Å². The standard InChI is InChI=1S/C14H17N3O/c1-10(2)18-12-5-3-4-11(8-12)14(15)13-9-16-6-7-17-13/h3-10,14H,15H2,1-2H3. The average molecular weight is 243 g/mol. The summed E-state index contributed by atoms with van der Waals surface area (Å²) in [4.78, 5) is 8.25. The molecule has 0 amide bonds. The Morgan fingerprint density at radius 3 is 2.72 bits per heavy atom. The van der Waals surface area contributed by atoms with E-state index in [2.05, 4.69) is 9.97 Å². The van der Waals surface area contributed by atoms with E-state index < -0.39 is 0 Å². The van der Waals surface area contributed by atoms with Gasteiger partial charge in [-0.05, 0) is 31.5 Å². The van der Waals surface area contributed by atoms with Crippen molar-refractivity contribution in [3.8, 4) is 5.75 Å². The van der Waals surface area contributed by atoms with Gasteiger partial charge in [-0.3, -0.25) is 9.97 Å². The van der Waals surface area contributed by atoms with Gasteiger partial charge in [0.1, 0.15) is 5.75 Å². The third-order valence-corrected chi connectivity index (χ3v) is 2.49. The smallest absolute Gasteiger partial charge is 0.120 e. The van der Waals surface area contributed by atoms with Crippen molar-refractivity contribution in [1.29, 1.82) is 0 Å². The van der Waals surface area contributed by atoms with Gasteiger partial charge in [-0.1, -0.05) is 12.1 Å². The number of nitrogens with two attached hydrogens (primary N) is 1.